The van der Waals surface area contributed by atoms with E-state index in [0.29, 0.717) is 56.9 Å². The van der Waals surface area contributed by atoms with E-state index in [0.717, 1.165) is 5.57 Å². The first-order chi connectivity index (χ1) is 27.0. The lowest BCUT2D eigenvalue weighted by molar-refractivity contribution is -0.302. The molecule has 3 aliphatic heterocycles. The molecule has 14 atom stereocenters. The van der Waals surface area contributed by atoms with Crippen LogP contribution < -0.4 is 0 Å². The van der Waals surface area contributed by atoms with Crippen LogP contribution in [0.1, 0.15) is 105 Å². The van der Waals surface area contributed by atoms with E-state index in [2.05, 4.69) is 6.58 Å². The Morgan fingerprint density at radius 3 is 2.25 bits per heavy atom. The zero-order valence-corrected chi connectivity index (χ0v) is 35.4. The van der Waals surface area contributed by atoms with Gasteiger partial charge in [0.1, 0.15) is 24.0 Å². The van der Waals surface area contributed by atoms with Crippen LogP contribution in [0.5, 0.6) is 0 Å². The van der Waals surface area contributed by atoms with Crippen LogP contribution in [0.25, 0.3) is 0 Å². The van der Waals surface area contributed by atoms with Crippen molar-refractivity contribution in [1.82, 2.24) is 4.90 Å². The van der Waals surface area contributed by atoms with Crippen LogP contribution in [0.15, 0.2) is 36.0 Å². The van der Waals surface area contributed by atoms with Crippen LogP contribution in [-0.4, -0.2) is 126 Å². The molecule has 1 aliphatic carbocycles. The molecule has 57 heavy (non-hydrogen) atoms. The number of hydrogen-bond donors (Lipinski definition) is 3. The van der Waals surface area contributed by atoms with Gasteiger partial charge < -0.3 is 43.9 Å². The molecule has 0 aromatic carbocycles. The number of amides is 1. The van der Waals surface area contributed by atoms with Gasteiger partial charge in [0.2, 0.25) is 5.79 Å². The number of aliphatic hydroxyl groups is 3. The molecular formula is C44H69NO12. The zero-order chi connectivity index (χ0) is 42.2. The lowest BCUT2D eigenvalue weighted by atomic mass is 9.81. The SMILES string of the molecule is C=CC[C@@H]1/C=C(\C)C[C@H](C)C[C@H](OC)C2O[C@@](O)(C(=O)C(=O)N3CCCC[C@H]3C(=O)O[C@H](/C(C)=C/[C@@H]3CC[C@@H](O)[C@H](OC)C3)[C@H](C)[C@@H](O)CC1=O)[C@H](C)C[C@@H]2OC. The molecule has 1 unspecified atom stereocenters. The van der Waals surface area contributed by atoms with E-state index in [1.807, 2.05) is 32.9 Å². The Kier molecular flexibility index (Phi) is 17.2. The summed E-state index contributed by atoms with van der Waals surface area (Å²) in [4.78, 5) is 57.8. The number of ketones is 2. The Bertz CT molecular complexity index is 1480. The Balaban J connectivity index is 1.78. The quantitative estimate of drug-likeness (QED) is 0.185. The molecule has 0 aromatic rings. The summed E-state index contributed by atoms with van der Waals surface area (Å²) in [5, 5.41) is 34.1. The first kappa shape index (κ1) is 46.9. The molecule has 13 nitrogen and oxygen atoms in total. The first-order valence-electron chi connectivity index (χ1n) is 20.9. The third-order valence-electron chi connectivity index (χ3n) is 12.9. The third-order valence-corrected chi connectivity index (χ3v) is 12.9. The number of carbonyl (C=O) groups is 4. The first-order valence-corrected chi connectivity index (χ1v) is 20.9. The van der Waals surface area contributed by atoms with Crippen LogP contribution in [0.2, 0.25) is 0 Å². The fourth-order valence-corrected chi connectivity index (χ4v) is 9.42. The van der Waals surface area contributed by atoms with Crippen molar-refractivity contribution in [1.29, 1.82) is 0 Å². The van der Waals surface area contributed by atoms with Crippen LogP contribution in [0, 0.1) is 29.6 Å². The number of allylic oxidation sites excluding steroid dienone is 4. The predicted molar refractivity (Wildman–Crippen MR) is 213 cm³/mol. The maximum atomic E-state index is 14.3. The minimum atomic E-state index is -2.51. The molecule has 2 saturated heterocycles. The van der Waals surface area contributed by atoms with E-state index < -0.39 is 83.9 Å². The van der Waals surface area contributed by atoms with Gasteiger partial charge in [0.05, 0.1) is 30.5 Å². The summed E-state index contributed by atoms with van der Waals surface area (Å²) in [6.07, 6.45) is 4.93. The largest absolute Gasteiger partial charge is 0.456 e. The van der Waals surface area contributed by atoms with E-state index >= 15 is 0 Å². The summed E-state index contributed by atoms with van der Waals surface area (Å²) in [5.74, 6) is -7.76. The highest BCUT2D eigenvalue weighted by Gasteiger charge is 2.56. The molecule has 13 heteroatoms. The van der Waals surface area contributed by atoms with Gasteiger partial charge in [-0.25, -0.2) is 4.79 Å². The van der Waals surface area contributed by atoms with Crippen LogP contribution in [-0.2, 0) is 42.9 Å². The summed E-state index contributed by atoms with van der Waals surface area (Å²) in [5.41, 5.74) is 1.61. The lowest BCUT2D eigenvalue weighted by Gasteiger charge is -2.47. The van der Waals surface area contributed by atoms with Crippen molar-refractivity contribution in [3.05, 3.63) is 36.0 Å². The normalized spacial score (nSPS) is 41.0. The average Bonchev–Trinajstić information content (AvgIpc) is 3.18. The molecule has 4 rings (SSSR count). The number of fused-ring (bicyclic) bond motifs is 3. The van der Waals surface area contributed by atoms with Gasteiger partial charge in [0.15, 0.2) is 0 Å². The number of cyclic esters (lactones) is 1. The molecule has 3 fully saturated rings. The summed E-state index contributed by atoms with van der Waals surface area (Å²) < 4.78 is 29.7. The van der Waals surface area contributed by atoms with Crippen molar-refractivity contribution in [2.24, 2.45) is 29.6 Å². The lowest BCUT2D eigenvalue weighted by Crippen LogP contribution is -2.64. The van der Waals surface area contributed by atoms with Gasteiger partial charge in [-0.15, -0.1) is 6.58 Å². The average molecular weight is 804 g/mol. The van der Waals surface area contributed by atoms with Crippen molar-refractivity contribution in [2.45, 2.75) is 160 Å². The molecule has 3 heterocycles. The monoisotopic (exact) mass is 803 g/mol. The fraction of sp³-hybridized carbons (Fsp3) is 0.773. The molecule has 1 saturated carbocycles. The predicted octanol–water partition coefficient (Wildman–Crippen LogP) is 4.64. The topological polar surface area (TPSA) is 178 Å². The maximum Gasteiger partial charge on any atom is 0.329 e. The highest BCUT2D eigenvalue weighted by molar-refractivity contribution is 6.39. The number of ether oxygens (including phenoxy) is 5. The number of methoxy groups -OCH3 is 3. The van der Waals surface area contributed by atoms with Gasteiger partial charge in [-0.2, -0.15) is 0 Å². The van der Waals surface area contributed by atoms with Crippen molar-refractivity contribution in [3.8, 4) is 0 Å². The molecule has 0 spiro atoms. The van der Waals surface area contributed by atoms with Gasteiger partial charge in [-0.3, -0.25) is 14.4 Å². The third kappa shape index (κ3) is 11.3. The summed E-state index contributed by atoms with van der Waals surface area (Å²) in [7, 11) is 4.61. The number of esters is 1. The maximum absolute atomic E-state index is 14.3. The molecule has 2 bridgehead atoms. The number of aliphatic hydroxyl groups excluding tert-OH is 2. The smallest absolute Gasteiger partial charge is 0.329 e. The standard InChI is InChI=1S/C44H69NO12/c1-10-13-31-19-25(2)18-26(3)20-37(54-8)40-38(55-9)22-28(5)44(52,57-40)41(49)42(50)45-17-12-11-14-32(45)43(51)56-39(29(6)34(47)24-35(31)48)27(4)21-30-15-16-33(46)36(23-30)53-7/h10,19,21,26,28-34,36-40,46-47,52H,1,11-18,20,22-24H2,2-9H3/b25-19+,27-21+/t26-,28+,29+,30-,31+,32-,33+,34-,36+,37-,38-,39+,40?,44+/m0/s1. The van der Waals surface area contributed by atoms with Crippen molar-refractivity contribution in [3.63, 3.8) is 0 Å². The Labute approximate surface area is 339 Å². The van der Waals surface area contributed by atoms with Gasteiger partial charge in [0, 0.05) is 52.0 Å². The van der Waals surface area contributed by atoms with E-state index in [-0.39, 0.29) is 49.5 Å². The van der Waals surface area contributed by atoms with Gasteiger partial charge in [-0.1, -0.05) is 44.6 Å². The van der Waals surface area contributed by atoms with Crippen molar-refractivity contribution in [2.75, 3.05) is 27.9 Å². The number of Topliss-reactive ketones (excluding diaryl/α,β-unsaturated/α-hetero) is 2. The van der Waals surface area contributed by atoms with E-state index in [1.54, 1.807) is 27.0 Å². The summed E-state index contributed by atoms with van der Waals surface area (Å²) in [6.45, 7) is 13.1. The van der Waals surface area contributed by atoms with Crippen molar-refractivity contribution >= 4 is 23.4 Å². The summed E-state index contributed by atoms with van der Waals surface area (Å²) >= 11 is 0. The molecule has 4 aliphatic rings. The highest BCUT2D eigenvalue weighted by Crippen LogP contribution is 2.39. The second kappa shape index (κ2) is 21.0. The minimum Gasteiger partial charge on any atom is -0.456 e. The fourth-order valence-electron chi connectivity index (χ4n) is 9.42. The van der Waals surface area contributed by atoms with Crippen LogP contribution in [0.3, 0.4) is 0 Å². The second-order valence-electron chi connectivity index (χ2n) is 17.3. The van der Waals surface area contributed by atoms with E-state index in [4.69, 9.17) is 23.7 Å². The molecule has 0 radical (unpaired) electrons. The zero-order valence-electron chi connectivity index (χ0n) is 35.4. The Morgan fingerprint density at radius 2 is 1.60 bits per heavy atom. The van der Waals surface area contributed by atoms with Crippen LogP contribution >= 0.6 is 0 Å². The van der Waals surface area contributed by atoms with Crippen LogP contribution in [0.4, 0.5) is 0 Å². The highest BCUT2D eigenvalue weighted by atomic mass is 16.7. The Hall–Kier alpha value is -2.78. The van der Waals surface area contributed by atoms with E-state index in [9.17, 15) is 34.5 Å². The number of nitrogens with zero attached hydrogens (tertiary/aromatic N) is 1. The van der Waals surface area contributed by atoms with Gasteiger partial charge in [-0.05, 0) is 95.5 Å². The molecule has 1 amide bonds. The second-order valence-corrected chi connectivity index (χ2v) is 17.3. The van der Waals surface area contributed by atoms with Gasteiger partial charge in [0.25, 0.3) is 11.7 Å². The molecule has 322 valence electrons. The number of hydrogen-bond acceptors (Lipinski definition) is 12. The Morgan fingerprint density at radius 1 is 0.930 bits per heavy atom. The number of rotatable bonds is 7. The molecule has 0 aromatic heterocycles. The minimum absolute atomic E-state index is 0.00988. The molecule has 3 N–H and O–H groups in total. The van der Waals surface area contributed by atoms with Gasteiger partial charge >= 0.3 is 5.97 Å². The summed E-state index contributed by atoms with van der Waals surface area (Å²) in [6, 6.07) is -1.14. The van der Waals surface area contributed by atoms with E-state index in [1.165, 1.54) is 19.1 Å². The number of piperidine rings is 1. The number of carbonyl (C=O) groups excluding carboxylic acids is 4. The molecular weight excluding hydrogens is 734 g/mol. The van der Waals surface area contributed by atoms with Crippen molar-refractivity contribution < 1.29 is 58.2 Å².